The van der Waals surface area contributed by atoms with E-state index in [1.165, 1.54) is 6.07 Å². The molecule has 0 atom stereocenters. The number of aromatic nitrogens is 3. The van der Waals surface area contributed by atoms with E-state index < -0.39 is 5.97 Å². The minimum atomic E-state index is -0.409. The molecule has 0 fully saturated rings. The summed E-state index contributed by atoms with van der Waals surface area (Å²) in [6, 6.07) is 14.0. The SMILES string of the molecule is Cc1ccc(-c2nnc(CCC(=O)OCc3ccc(F)c4cccnc34)o2)cc1. The van der Waals surface area contributed by atoms with E-state index in [1.54, 1.807) is 24.4 Å². The van der Waals surface area contributed by atoms with Crippen LogP contribution in [0.2, 0.25) is 0 Å². The standard InChI is InChI=1S/C22H18FN3O3/c1-14-4-6-15(7-5-14)22-26-25-19(29-22)10-11-20(27)28-13-16-8-9-18(23)17-3-2-12-24-21(16)17/h2-9,12H,10-11,13H2,1H3. The number of halogens is 1. The first-order valence-electron chi connectivity index (χ1n) is 9.17. The highest BCUT2D eigenvalue weighted by atomic mass is 19.1. The quantitative estimate of drug-likeness (QED) is 0.453. The van der Waals surface area contributed by atoms with E-state index in [4.69, 9.17) is 9.15 Å². The normalized spacial score (nSPS) is 11.0. The van der Waals surface area contributed by atoms with Crippen LogP contribution in [0, 0.1) is 12.7 Å². The lowest BCUT2D eigenvalue weighted by molar-refractivity contribution is -0.144. The van der Waals surface area contributed by atoms with Crippen LogP contribution in [0.3, 0.4) is 0 Å². The predicted molar refractivity (Wildman–Crippen MR) is 104 cm³/mol. The number of benzene rings is 2. The lowest BCUT2D eigenvalue weighted by Crippen LogP contribution is -2.07. The van der Waals surface area contributed by atoms with Gasteiger partial charge in [-0.3, -0.25) is 9.78 Å². The molecular formula is C22H18FN3O3. The Bertz CT molecular complexity index is 1160. The first-order chi connectivity index (χ1) is 14.1. The van der Waals surface area contributed by atoms with Gasteiger partial charge in [0.25, 0.3) is 0 Å². The molecule has 0 bridgehead atoms. The molecule has 4 rings (SSSR count). The number of pyridine rings is 1. The van der Waals surface area contributed by atoms with E-state index in [2.05, 4.69) is 15.2 Å². The fourth-order valence-corrected chi connectivity index (χ4v) is 2.92. The highest BCUT2D eigenvalue weighted by Gasteiger charge is 2.13. The summed E-state index contributed by atoms with van der Waals surface area (Å²) in [6.45, 7) is 2.02. The second-order valence-electron chi connectivity index (χ2n) is 6.63. The van der Waals surface area contributed by atoms with E-state index in [-0.39, 0.29) is 25.3 Å². The summed E-state index contributed by atoms with van der Waals surface area (Å²) in [4.78, 5) is 16.3. The van der Waals surface area contributed by atoms with Crippen LogP contribution in [-0.2, 0) is 22.6 Å². The third kappa shape index (κ3) is 4.29. The van der Waals surface area contributed by atoms with Gasteiger partial charge in [-0.15, -0.1) is 10.2 Å². The van der Waals surface area contributed by atoms with Gasteiger partial charge in [0, 0.05) is 29.1 Å². The Morgan fingerprint density at radius 1 is 1.10 bits per heavy atom. The fourth-order valence-electron chi connectivity index (χ4n) is 2.92. The van der Waals surface area contributed by atoms with Crippen molar-refractivity contribution in [3.63, 3.8) is 0 Å². The first-order valence-corrected chi connectivity index (χ1v) is 9.17. The molecule has 0 saturated heterocycles. The summed E-state index contributed by atoms with van der Waals surface area (Å²) < 4.78 is 24.8. The highest BCUT2D eigenvalue weighted by molar-refractivity contribution is 5.82. The lowest BCUT2D eigenvalue weighted by Gasteiger charge is -2.07. The number of hydrogen-bond acceptors (Lipinski definition) is 6. The van der Waals surface area contributed by atoms with Crippen molar-refractivity contribution in [2.75, 3.05) is 0 Å². The van der Waals surface area contributed by atoms with Gasteiger partial charge in [0.1, 0.15) is 12.4 Å². The van der Waals surface area contributed by atoms with Crippen molar-refractivity contribution >= 4 is 16.9 Å². The topological polar surface area (TPSA) is 78.1 Å². The number of ether oxygens (including phenoxy) is 1. The van der Waals surface area contributed by atoms with Crippen LogP contribution < -0.4 is 0 Å². The van der Waals surface area contributed by atoms with Gasteiger partial charge in [-0.1, -0.05) is 23.8 Å². The Morgan fingerprint density at radius 2 is 1.93 bits per heavy atom. The molecule has 0 N–H and O–H groups in total. The molecule has 0 aliphatic carbocycles. The van der Waals surface area contributed by atoms with Crippen LogP contribution in [0.4, 0.5) is 4.39 Å². The average Bonchev–Trinajstić information content (AvgIpc) is 3.21. The van der Waals surface area contributed by atoms with Gasteiger partial charge in [0.15, 0.2) is 0 Å². The smallest absolute Gasteiger partial charge is 0.306 e. The van der Waals surface area contributed by atoms with Crippen LogP contribution in [0.1, 0.15) is 23.4 Å². The molecule has 2 aromatic heterocycles. The minimum Gasteiger partial charge on any atom is -0.461 e. The zero-order chi connectivity index (χ0) is 20.2. The number of rotatable bonds is 6. The van der Waals surface area contributed by atoms with Crippen LogP contribution in [-0.4, -0.2) is 21.2 Å². The summed E-state index contributed by atoms with van der Waals surface area (Å²) in [5, 5.41) is 8.40. The number of hydrogen-bond donors (Lipinski definition) is 0. The van der Waals surface area contributed by atoms with Crippen LogP contribution in [0.15, 0.2) is 59.1 Å². The van der Waals surface area contributed by atoms with Gasteiger partial charge >= 0.3 is 5.97 Å². The molecule has 0 unspecified atom stereocenters. The molecule has 0 radical (unpaired) electrons. The maximum atomic E-state index is 13.8. The molecular weight excluding hydrogens is 373 g/mol. The molecule has 0 saturated carbocycles. The number of esters is 1. The Hall–Kier alpha value is -3.61. The Balaban J connectivity index is 1.34. The molecule has 6 nitrogen and oxygen atoms in total. The van der Waals surface area contributed by atoms with Crippen molar-refractivity contribution in [1.82, 2.24) is 15.2 Å². The van der Waals surface area contributed by atoms with E-state index >= 15 is 0 Å². The van der Waals surface area contributed by atoms with Crippen molar-refractivity contribution in [1.29, 1.82) is 0 Å². The summed E-state index contributed by atoms with van der Waals surface area (Å²) in [6.07, 6.45) is 1.95. The third-order valence-electron chi connectivity index (χ3n) is 4.50. The predicted octanol–water partition coefficient (Wildman–Crippen LogP) is 4.41. The second-order valence-corrected chi connectivity index (χ2v) is 6.63. The molecule has 146 valence electrons. The Kier molecular flexibility index (Phi) is 5.29. The minimum absolute atomic E-state index is 0.0189. The number of fused-ring (bicyclic) bond motifs is 1. The van der Waals surface area contributed by atoms with E-state index in [9.17, 15) is 9.18 Å². The number of carbonyl (C=O) groups excluding carboxylic acids is 1. The Morgan fingerprint density at radius 3 is 2.76 bits per heavy atom. The van der Waals surface area contributed by atoms with Gasteiger partial charge in [-0.25, -0.2) is 4.39 Å². The van der Waals surface area contributed by atoms with Gasteiger partial charge in [0.2, 0.25) is 11.8 Å². The first kappa shape index (κ1) is 18.7. The molecule has 29 heavy (non-hydrogen) atoms. The molecule has 0 aliphatic rings. The summed E-state index contributed by atoms with van der Waals surface area (Å²) in [5.41, 5.74) is 3.10. The maximum absolute atomic E-state index is 13.8. The summed E-state index contributed by atoms with van der Waals surface area (Å²) >= 11 is 0. The molecule has 0 spiro atoms. The fraction of sp³-hybridized carbons (Fsp3) is 0.182. The molecule has 2 heterocycles. The van der Waals surface area contributed by atoms with Crippen molar-refractivity contribution < 1.29 is 18.3 Å². The van der Waals surface area contributed by atoms with Gasteiger partial charge in [0.05, 0.1) is 11.9 Å². The molecule has 2 aromatic carbocycles. The van der Waals surface area contributed by atoms with Crippen molar-refractivity contribution in [3.8, 4) is 11.5 Å². The van der Waals surface area contributed by atoms with Crippen LogP contribution in [0.5, 0.6) is 0 Å². The zero-order valence-electron chi connectivity index (χ0n) is 15.8. The zero-order valence-corrected chi connectivity index (χ0v) is 15.8. The molecule has 0 aliphatic heterocycles. The second kappa shape index (κ2) is 8.18. The average molecular weight is 391 g/mol. The van der Waals surface area contributed by atoms with E-state index in [1.807, 2.05) is 31.2 Å². The molecule has 0 amide bonds. The van der Waals surface area contributed by atoms with Crippen molar-refractivity contribution in [2.45, 2.75) is 26.4 Å². The van der Waals surface area contributed by atoms with Gasteiger partial charge < -0.3 is 9.15 Å². The highest BCUT2D eigenvalue weighted by Crippen LogP contribution is 2.21. The van der Waals surface area contributed by atoms with Crippen LogP contribution >= 0.6 is 0 Å². The Labute approximate surface area is 166 Å². The number of carbonyl (C=O) groups is 1. The van der Waals surface area contributed by atoms with E-state index in [0.29, 0.717) is 28.2 Å². The number of nitrogens with zero attached hydrogens (tertiary/aromatic N) is 3. The number of aryl methyl sites for hydroxylation is 2. The summed E-state index contributed by atoms with van der Waals surface area (Å²) in [5.74, 6) is 0.0149. The largest absolute Gasteiger partial charge is 0.461 e. The van der Waals surface area contributed by atoms with E-state index in [0.717, 1.165) is 11.1 Å². The monoisotopic (exact) mass is 391 g/mol. The van der Waals surface area contributed by atoms with Crippen molar-refractivity contribution in [3.05, 3.63) is 77.6 Å². The third-order valence-corrected chi connectivity index (χ3v) is 4.50. The lowest BCUT2D eigenvalue weighted by atomic mass is 10.1. The van der Waals surface area contributed by atoms with Gasteiger partial charge in [-0.2, -0.15) is 0 Å². The van der Waals surface area contributed by atoms with Crippen molar-refractivity contribution in [2.24, 2.45) is 0 Å². The van der Waals surface area contributed by atoms with Crippen LogP contribution in [0.25, 0.3) is 22.4 Å². The maximum Gasteiger partial charge on any atom is 0.306 e. The van der Waals surface area contributed by atoms with Gasteiger partial charge in [-0.05, 0) is 37.3 Å². The molecule has 7 heteroatoms. The summed E-state index contributed by atoms with van der Waals surface area (Å²) in [7, 11) is 0. The molecule has 4 aromatic rings.